The lowest BCUT2D eigenvalue weighted by molar-refractivity contribution is -0.114. The van der Waals surface area contributed by atoms with E-state index in [-0.39, 0.29) is 28.1 Å². The van der Waals surface area contributed by atoms with Crippen LogP contribution in [0.25, 0.3) is 10.6 Å². The van der Waals surface area contributed by atoms with E-state index in [1.807, 2.05) is 0 Å². The molecule has 1 aliphatic rings. The SMILES string of the molecule is O=C(CN(c1ccc(F)cc1)S(=O)(=O)c1ccc2c(c1)OCCO2)Nc1nnc(-c2ccc(Cl)cc2)s1. The first-order valence-electron chi connectivity index (χ1n) is 10.9. The molecule has 0 fully saturated rings. The standard InChI is InChI=1S/C24H18ClFN4O5S2/c25-16-3-1-15(2-4-16)23-28-29-24(36-23)27-22(31)14-30(18-7-5-17(26)6-8-18)37(32,33)19-9-10-20-21(13-19)35-12-11-34-20/h1-10,13H,11-12,14H2,(H,27,29,31). The molecule has 0 radical (unpaired) electrons. The molecular formula is C24H18ClFN4O5S2. The summed E-state index contributed by atoms with van der Waals surface area (Å²) in [6.45, 7) is 0.0328. The Morgan fingerprint density at radius 3 is 2.43 bits per heavy atom. The zero-order chi connectivity index (χ0) is 26.0. The smallest absolute Gasteiger partial charge is 0.264 e. The molecule has 1 amide bonds. The number of anilines is 2. The summed E-state index contributed by atoms with van der Waals surface area (Å²) in [6.07, 6.45) is 0. The molecule has 0 unspecified atom stereocenters. The summed E-state index contributed by atoms with van der Waals surface area (Å²) in [4.78, 5) is 12.8. The van der Waals surface area contributed by atoms with Gasteiger partial charge in [-0.05, 0) is 48.5 Å². The molecule has 1 aliphatic heterocycles. The summed E-state index contributed by atoms with van der Waals surface area (Å²) in [5.41, 5.74) is 0.863. The van der Waals surface area contributed by atoms with Crippen LogP contribution in [-0.4, -0.2) is 44.3 Å². The molecule has 37 heavy (non-hydrogen) atoms. The number of carbonyl (C=O) groups is 1. The van der Waals surface area contributed by atoms with Gasteiger partial charge < -0.3 is 9.47 Å². The minimum Gasteiger partial charge on any atom is -0.486 e. The normalized spacial score (nSPS) is 12.7. The predicted octanol–water partition coefficient (Wildman–Crippen LogP) is 4.60. The van der Waals surface area contributed by atoms with Crippen molar-refractivity contribution >= 4 is 49.7 Å². The van der Waals surface area contributed by atoms with Crippen LogP contribution >= 0.6 is 22.9 Å². The minimum atomic E-state index is -4.26. The molecule has 0 atom stereocenters. The Labute approximate surface area is 220 Å². The van der Waals surface area contributed by atoms with Gasteiger partial charge in [-0.25, -0.2) is 12.8 Å². The number of nitrogens with one attached hydrogen (secondary N) is 1. The van der Waals surface area contributed by atoms with Crippen LogP contribution in [0.3, 0.4) is 0 Å². The third-order valence-corrected chi connectivity index (χ3v) is 8.18. The summed E-state index contributed by atoms with van der Waals surface area (Å²) >= 11 is 7.04. The first-order chi connectivity index (χ1) is 17.8. The van der Waals surface area contributed by atoms with Crippen LogP contribution in [0.1, 0.15) is 0 Å². The maximum absolute atomic E-state index is 13.6. The maximum atomic E-state index is 13.6. The second-order valence-corrected chi connectivity index (χ2v) is 11.0. The van der Waals surface area contributed by atoms with Gasteiger partial charge in [-0.3, -0.25) is 14.4 Å². The van der Waals surface area contributed by atoms with Crippen LogP contribution in [0.2, 0.25) is 5.02 Å². The van der Waals surface area contributed by atoms with Gasteiger partial charge in [-0.15, -0.1) is 10.2 Å². The Morgan fingerprint density at radius 1 is 1.00 bits per heavy atom. The van der Waals surface area contributed by atoms with Crippen molar-refractivity contribution in [2.45, 2.75) is 4.90 Å². The maximum Gasteiger partial charge on any atom is 0.264 e. The second kappa shape index (κ2) is 10.3. The molecule has 190 valence electrons. The molecule has 0 saturated heterocycles. The number of benzene rings is 3. The van der Waals surface area contributed by atoms with E-state index in [0.717, 1.165) is 33.3 Å². The number of rotatable bonds is 7. The highest BCUT2D eigenvalue weighted by molar-refractivity contribution is 7.92. The zero-order valence-corrected chi connectivity index (χ0v) is 21.3. The van der Waals surface area contributed by atoms with Crippen molar-refractivity contribution in [1.82, 2.24) is 10.2 Å². The van der Waals surface area contributed by atoms with Crippen LogP contribution in [0, 0.1) is 5.82 Å². The number of nitrogens with zero attached hydrogens (tertiary/aromatic N) is 3. The Hall–Kier alpha value is -3.74. The van der Waals surface area contributed by atoms with Crippen LogP contribution in [0.15, 0.2) is 71.6 Å². The van der Waals surface area contributed by atoms with Crippen molar-refractivity contribution < 1.29 is 27.1 Å². The number of hydrogen-bond acceptors (Lipinski definition) is 8. The Kier molecular flexibility index (Phi) is 6.96. The fourth-order valence-electron chi connectivity index (χ4n) is 3.51. The van der Waals surface area contributed by atoms with Crippen molar-refractivity contribution in [2.24, 2.45) is 0 Å². The van der Waals surface area contributed by atoms with E-state index in [0.29, 0.717) is 22.4 Å². The Balaban J connectivity index is 1.40. The highest BCUT2D eigenvalue weighted by atomic mass is 35.5. The molecule has 0 aliphatic carbocycles. The van der Waals surface area contributed by atoms with Crippen molar-refractivity contribution in [3.05, 3.63) is 77.6 Å². The number of halogens is 2. The van der Waals surface area contributed by atoms with Gasteiger partial charge in [0.25, 0.3) is 10.0 Å². The van der Waals surface area contributed by atoms with Crippen LogP contribution in [0.4, 0.5) is 15.2 Å². The highest BCUT2D eigenvalue weighted by Crippen LogP contribution is 2.34. The van der Waals surface area contributed by atoms with Gasteiger partial charge in [0.1, 0.15) is 30.6 Å². The van der Waals surface area contributed by atoms with E-state index in [2.05, 4.69) is 15.5 Å². The number of aromatic nitrogens is 2. The van der Waals surface area contributed by atoms with Gasteiger partial charge in [0, 0.05) is 16.7 Å². The monoisotopic (exact) mass is 560 g/mol. The van der Waals surface area contributed by atoms with Gasteiger partial charge in [0.2, 0.25) is 11.0 Å². The number of ether oxygens (including phenoxy) is 2. The average molecular weight is 561 g/mol. The molecule has 1 N–H and O–H groups in total. The summed E-state index contributed by atoms with van der Waals surface area (Å²) in [6, 6.07) is 15.9. The summed E-state index contributed by atoms with van der Waals surface area (Å²) in [5.74, 6) is -0.513. The lowest BCUT2D eigenvalue weighted by atomic mass is 10.2. The van der Waals surface area contributed by atoms with Gasteiger partial charge in [-0.1, -0.05) is 35.1 Å². The molecule has 5 rings (SSSR count). The van der Waals surface area contributed by atoms with Crippen molar-refractivity contribution in [2.75, 3.05) is 29.4 Å². The van der Waals surface area contributed by atoms with E-state index >= 15 is 0 Å². The molecular weight excluding hydrogens is 543 g/mol. The van der Waals surface area contributed by atoms with Crippen LogP contribution in [-0.2, 0) is 14.8 Å². The van der Waals surface area contributed by atoms with Crippen LogP contribution in [0.5, 0.6) is 11.5 Å². The lowest BCUT2D eigenvalue weighted by Crippen LogP contribution is -2.38. The quantitative estimate of drug-likeness (QED) is 0.351. The third kappa shape index (κ3) is 5.50. The highest BCUT2D eigenvalue weighted by Gasteiger charge is 2.29. The van der Waals surface area contributed by atoms with E-state index in [9.17, 15) is 17.6 Å². The summed E-state index contributed by atoms with van der Waals surface area (Å²) in [5, 5.41) is 11.9. The molecule has 9 nitrogen and oxygen atoms in total. The summed E-state index contributed by atoms with van der Waals surface area (Å²) < 4.78 is 52.7. The van der Waals surface area contributed by atoms with Gasteiger partial charge in [0.15, 0.2) is 11.5 Å². The molecule has 2 heterocycles. The number of amides is 1. The van der Waals surface area contributed by atoms with Crippen molar-refractivity contribution in [3.63, 3.8) is 0 Å². The Morgan fingerprint density at radius 2 is 1.70 bits per heavy atom. The molecule has 3 aromatic carbocycles. The fourth-order valence-corrected chi connectivity index (χ4v) is 5.83. The first-order valence-corrected chi connectivity index (χ1v) is 13.5. The molecule has 13 heteroatoms. The molecule has 1 aromatic heterocycles. The zero-order valence-electron chi connectivity index (χ0n) is 18.9. The van der Waals surface area contributed by atoms with Gasteiger partial charge >= 0.3 is 0 Å². The lowest BCUT2D eigenvalue weighted by Gasteiger charge is -2.25. The summed E-state index contributed by atoms with van der Waals surface area (Å²) in [7, 11) is -4.26. The number of carbonyl (C=O) groups excluding carboxylic acids is 1. The topological polar surface area (TPSA) is 111 Å². The van der Waals surface area contributed by atoms with E-state index in [1.165, 1.54) is 30.3 Å². The molecule has 0 bridgehead atoms. The largest absolute Gasteiger partial charge is 0.486 e. The molecule has 0 spiro atoms. The fraction of sp³-hybridized carbons (Fsp3) is 0.125. The number of sulfonamides is 1. The predicted molar refractivity (Wildman–Crippen MR) is 137 cm³/mol. The van der Waals surface area contributed by atoms with E-state index in [1.54, 1.807) is 24.3 Å². The van der Waals surface area contributed by atoms with Crippen molar-refractivity contribution in [1.29, 1.82) is 0 Å². The van der Waals surface area contributed by atoms with Gasteiger partial charge in [0.05, 0.1) is 10.6 Å². The molecule has 4 aromatic rings. The third-order valence-electron chi connectivity index (χ3n) is 5.27. The van der Waals surface area contributed by atoms with E-state index < -0.39 is 28.3 Å². The minimum absolute atomic E-state index is 0.102. The molecule has 0 saturated carbocycles. The van der Waals surface area contributed by atoms with Crippen LogP contribution < -0.4 is 19.1 Å². The van der Waals surface area contributed by atoms with E-state index in [4.69, 9.17) is 21.1 Å². The first kappa shape index (κ1) is 24.9. The Bertz CT molecular complexity index is 1550. The second-order valence-electron chi connectivity index (χ2n) is 7.76. The van der Waals surface area contributed by atoms with Crippen molar-refractivity contribution in [3.8, 4) is 22.1 Å². The number of fused-ring (bicyclic) bond motifs is 1. The average Bonchev–Trinajstić information content (AvgIpc) is 3.36. The van der Waals surface area contributed by atoms with Gasteiger partial charge in [-0.2, -0.15) is 0 Å². The number of hydrogen-bond donors (Lipinski definition) is 1.